The maximum Gasteiger partial charge on any atom is 0.490 e. The summed E-state index contributed by atoms with van der Waals surface area (Å²) < 4.78 is 80.7. The molecule has 9 nitrogen and oxygen atoms in total. The molecule has 0 spiro atoms. The minimum atomic E-state index is -5.08. The van der Waals surface area contributed by atoms with Crippen LogP contribution in [0.1, 0.15) is 11.3 Å². The molecule has 2 aliphatic heterocycles. The minimum absolute atomic E-state index is 0.105. The highest BCUT2D eigenvalue weighted by Gasteiger charge is 2.50. The number of hydrogen-bond acceptors (Lipinski definition) is 7. The van der Waals surface area contributed by atoms with Crippen LogP contribution in [-0.2, 0) is 32.2 Å². The Labute approximate surface area is 225 Å². The Kier molecular flexibility index (Phi) is 11.7. The highest BCUT2D eigenvalue weighted by molar-refractivity contribution is 5.73. The fraction of sp³-hybridized carbons (Fsp3) is 0.480. The molecule has 0 unspecified atom stereocenters. The van der Waals surface area contributed by atoms with Crippen molar-refractivity contribution in [1.82, 2.24) is 9.88 Å². The first kappa shape index (κ1) is 32.8. The summed E-state index contributed by atoms with van der Waals surface area (Å²) in [7, 11) is 1.71. The standard InChI is InChI=1S/C21H26N2O3.2C2HF3O2/c1-24-20-7-4-5-17(9-20)10-23-11-18-12-25-15-21(18,14-23)16-26-13-19-6-2-3-8-22-19;2*3-2(4,5)1(6)7/h2-9,18H,10-16H2,1H3;2*(H,6,7)/t18-,21+;;/m1../s1. The van der Waals surface area contributed by atoms with Gasteiger partial charge in [0.15, 0.2) is 0 Å². The molecule has 1 aromatic heterocycles. The van der Waals surface area contributed by atoms with Crippen molar-refractivity contribution in [3.63, 3.8) is 0 Å². The number of nitrogens with zero attached hydrogens (tertiary/aromatic N) is 2. The van der Waals surface area contributed by atoms with Gasteiger partial charge in [-0.05, 0) is 29.8 Å². The number of halogens is 6. The van der Waals surface area contributed by atoms with Gasteiger partial charge in [0.1, 0.15) is 5.75 Å². The number of ether oxygens (including phenoxy) is 3. The average molecular weight is 582 g/mol. The maximum atomic E-state index is 10.6. The number of carboxylic acids is 2. The molecule has 2 aromatic rings. The van der Waals surface area contributed by atoms with Crippen molar-refractivity contribution in [2.45, 2.75) is 25.5 Å². The molecular weight excluding hydrogens is 554 g/mol. The molecule has 0 aliphatic carbocycles. The second-order valence-corrected chi connectivity index (χ2v) is 9.02. The van der Waals surface area contributed by atoms with E-state index >= 15 is 0 Å². The smallest absolute Gasteiger partial charge is 0.490 e. The topological polar surface area (TPSA) is 118 Å². The number of carboxylic acid groups (broad SMARTS) is 2. The number of aromatic nitrogens is 1. The van der Waals surface area contributed by atoms with Crippen molar-refractivity contribution >= 4 is 11.9 Å². The second-order valence-electron chi connectivity index (χ2n) is 9.02. The normalized spacial score (nSPS) is 20.4. The molecule has 0 amide bonds. The van der Waals surface area contributed by atoms with Crippen LogP contribution in [0.3, 0.4) is 0 Å². The van der Waals surface area contributed by atoms with E-state index in [0.29, 0.717) is 12.5 Å². The molecule has 0 bridgehead atoms. The maximum absolute atomic E-state index is 10.6. The number of pyridine rings is 1. The summed E-state index contributed by atoms with van der Waals surface area (Å²) in [5, 5.41) is 14.2. The SMILES string of the molecule is COc1cccc(CN2C[C@@H]3COC[C@]3(COCc3ccccn3)C2)c1.O=C(O)C(F)(F)F.O=C(O)C(F)(F)F. The van der Waals surface area contributed by atoms with Crippen molar-refractivity contribution in [2.75, 3.05) is 40.0 Å². The summed E-state index contributed by atoms with van der Waals surface area (Å²) in [6, 6.07) is 14.3. The number of fused-ring (bicyclic) bond motifs is 1. The van der Waals surface area contributed by atoms with E-state index in [1.54, 1.807) is 7.11 Å². The predicted molar refractivity (Wildman–Crippen MR) is 126 cm³/mol. The molecule has 0 radical (unpaired) electrons. The van der Waals surface area contributed by atoms with E-state index in [0.717, 1.165) is 50.9 Å². The van der Waals surface area contributed by atoms with Crippen molar-refractivity contribution in [2.24, 2.45) is 11.3 Å². The van der Waals surface area contributed by atoms with E-state index in [1.165, 1.54) is 5.56 Å². The molecule has 2 fully saturated rings. The molecule has 0 saturated carbocycles. The zero-order valence-corrected chi connectivity index (χ0v) is 21.2. The summed E-state index contributed by atoms with van der Waals surface area (Å²) in [6.07, 6.45) is -8.36. The lowest BCUT2D eigenvalue weighted by molar-refractivity contribution is -0.193. The van der Waals surface area contributed by atoms with Gasteiger partial charge in [0.2, 0.25) is 0 Å². The van der Waals surface area contributed by atoms with Crippen LogP contribution in [0.25, 0.3) is 0 Å². The van der Waals surface area contributed by atoms with Crippen molar-refractivity contribution in [3.05, 3.63) is 59.9 Å². The molecule has 3 heterocycles. The highest BCUT2D eigenvalue weighted by Crippen LogP contribution is 2.42. The Morgan fingerprint density at radius 1 is 1.07 bits per heavy atom. The van der Waals surface area contributed by atoms with Crippen LogP contribution >= 0.6 is 0 Å². The average Bonchev–Trinajstić information content (AvgIpc) is 3.41. The lowest BCUT2D eigenvalue weighted by Gasteiger charge is -2.27. The predicted octanol–water partition coefficient (Wildman–Crippen LogP) is 4.02. The molecule has 2 saturated heterocycles. The van der Waals surface area contributed by atoms with Crippen molar-refractivity contribution < 1.29 is 60.4 Å². The molecule has 40 heavy (non-hydrogen) atoms. The van der Waals surface area contributed by atoms with Gasteiger partial charge in [0, 0.05) is 37.2 Å². The summed E-state index contributed by atoms with van der Waals surface area (Å²) in [5.41, 5.74) is 2.37. The van der Waals surface area contributed by atoms with Gasteiger partial charge in [-0.25, -0.2) is 9.59 Å². The van der Waals surface area contributed by atoms with E-state index in [1.807, 2.05) is 30.5 Å². The first-order chi connectivity index (χ1) is 18.7. The molecule has 15 heteroatoms. The van der Waals surface area contributed by atoms with Gasteiger partial charge in [0.05, 0.1) is 39.2 Å². The Bertz CT molecular complexity index is 1080. The zero-order chi connectivity index (χ0) is 30.0. The minimum Gasteiger partial charge on any atom is -0.497 e. The van der Waals surface area contributed by atoms with Crippen LogP contribution in [0, 0.1) is 11.3 Å². The van der Waals surface area contributed by atoms with E-state index in [2.05, 4.69) is 28.1 Å². The summed E-state index contributed by atoms with van der Waals surface area (Å²) in [4.78, 5) is 24.6. The Balaban J connectivity index is 0.000000333. The van der Waals surface area contributed by atoms with E-state index in [4.69, 9.17) is 34.0 Å². The third-order valence-electron chi connectivity index (χ3n) is 5.98. The monoisotopic (exact) mass is 582 g/mol. The lowest BCUT2D eigenvalue weighted by Crippen LogP contribution is -2.35. The van der Waals surface area contributed by atoms with Gasteiger partial charge in [-0.2, -0.15) is 26.3 Å². The quantitative estimate of drug-likeness (QED) is 0.467. The van der Waals surface area contributed by atoms with E-state index in [9.17, 15) is 26.3 Å². The number of carbonyl (C=O) groups is 2. The van der Waals surface area contributed by atoms with Gasteiger partial charge >= 0.3 is 24.3 Å². The molecule has 222 valence electrons. The van der Waals surface area contributed by atoms with E-state index < -0.39 is 24.3 Å². The van der Waals surface area contributed by atoms with Crippen LogP contribution in [0.5, 0.6) is 5.75 Å². The number of likely N-dealkylation sites (tertiary alicyclic amines) is 1. The number of alkyl halides is 6. The molecule has 4 rings (SSSR count). The molecule has 2 aliphatic rings. The Hall–Kier alpha value is -3.43. The molecule has 2 N–H and O–H groups in total. The van der Waals surface area contributed by atoms with Crippen molar-refractivity contribution in [1.29, 1.82) is 0 Å². The van der Waals surface area contributed by atoms with E-state index in [-0.39, 0.29) is 5.41 Å². The largest absolute Gasteiger partial charge is 0.497 e. The fourth-order valence-electron chi connectivity index (χ4n) is 4.14. The number of hydrogen-bond donors (Lipinski definition) is 2. The Morgan fingerprint density at radius 3 is 2.27 bits per heavy atom. The number of methoxy groups -OCH3 is 1. The number of aliphatic carboxylic acids is 2. The van der Waals surface area contributed by atoms with Crippen LogP contribution in [-0.4, -0.2) is 84.4 Å². The van der Waals surface area contributed by atoms with Crippen LogP contribution in [0.15, 0.2) is 48.7 Å². The Morgan fingerprint density at radius 2 is 1.73 bits per heavy atom. The second kappa shape index (κ2) is 14.3. The van der Waals surface area contributed by atoms with Gasteiger partial charge < -0.3 is 24.4 Å². The first-order valence-electron chi connectivity index (χ1n) is 11.7. The first-order valence-corrected chi connectivity index (χ1v) is 11.7. The van der Waals surface area contributed by atoms with Crippen LogP contribution < -0.4 is 4.74 Å². The zero-order valence-electron chi connectivity index (χ0n) is 21.2. The van der Waals surface area contributed by atoms with Gasteiger partial charge in [-0.3, -0.25) is 9.88 Å². The molecular formula is C25H28F6N2O7. The molecule has 2 atom stereocenters. The third kappa shape index (κ3) is 10.3. The molecule has 1 aromatic carbocycles. The lowest BCUT2D eigenvalue weighted by atomic mass is 9.82. The number of rotatable bonds is 7. The fourth-order valence-corrected chi connectivity index (χ4v) is 4.14. The number of benzene rings is 1. The van der Waals surface area contributed by atoms with Crippen LogP contribution in [0.4, 0.5) is 26.3 Å². The summed E-state index contributed by atoms with van der Waals surface area (Å²) >= 11 is 0. The van der Waals surface area contributed by atoms with Gasteiger partial charge in [-0.15, -0.1) is 0 Å². The summed E-state index contributed by atoms with van der Waals surface area (Å²) in [6.45, 7) is 5.92. The van der Waals surface area contributed by atoms with Crippen LogP contribution in [0.2, 0.25) is 0 Å². The van der Waals surface area contributed by atoms with Gasteiger partial charge in [-0.1, -0.05) is 18.2 Å². The highest BCUT2D eigenvalue weighted by atomic mass is 19.4. The van der Waals surface area contributed by atoms with Gasteiger partial charge in [0.25, 0.3) is 0 Å². The third-order valence-corrected chi connectivity index (χ3v) is 5.98. The van der Waals surface area contributed by atoms with Crippen molar-refractivity contribution in [3.8, 4) is 5.75 Å². The summed E-state index contributed by atoms with van der Waals surface area (Å²) in [5.74, 6) is -4.06.